The second-order valence-electron chi connectivity index (χ2n) is 8.26. The Morgan fingerprint density at radius 3 is 2.78 bits per heavy atom. The molecule has 1 aliphatic carbocycles. The van der Waals surface area contributed by atoms with Gasteiger partial charge in [0.05, 0.1) is 5.60 Å². The van der Waals surface area contributed by atoms with E-state index in [-0.39, 0.29) is 29.5 Å². The second-order valence-corrected chi connectivity index (χ2v) is 8.26. The molecule has 4 rings (SSSR count). The number of hydrogen-bond donors (Lipinski definition) is 0. The van der Waals surface area contributed by atoms with Gasteiger partial charge in [0.1, 0.15) is 17.9 Å². The van der Waals surface area contributed by atoms with Gasteiger partial charge in [0.15, 0.2) is 5.78 Å². The molecule has 1 saturated heterocycles. The summed E-state index contributed by atoms with van der Waals surface area (Å²) >= 11 is 0. The van der Waals surface area contributed by atoms with Gasteiger partial charge in [0, 0.05) is 29.5 Å². The molecule has 27 heavy (non-hydrogen) atoms. The zero-order valence-electron chi connectivity index (χ0n) is 16.0. The molecule has 0 spiro atoms. The van der Waals surface area contributed by atoms with Crippen molar-refractivity contribution in [1.29, 1.82) is 0 Å². The van der Waals surface area contributed by atoms with Crippen LogP contribution in [0, 0.1) is 5.92 Å². The van der Waals surface area contributed by atoms with Crippen LogP contribution in [0.5, 0.6) is 5.75 Å². The van der Waals surface area contributed by atoms with Crippen molar-refractivity contribution in [3.63, 3.8) is 0 Å². The fraction of sp³-hybridized carbons (Fsp3) is 0.545. The van der Waals surface area contributed by atoms with Crippen LogP contribution in [0.1, 0.15) is 50.7 Å². The van der Waals surface area contributed by atoms with E-state index in [1.165, 1.54) is 0 Å². The second kappa shape index (κ2) is 7.12. The predicted octanol–water partition coefficient (Wildman–Crippen LogP) is 3.82. The van der Waals surface area contributed by atoms with Crippen molar-refractivity contribution in [2.24, 2.45) is 5.92 Å². The van der Waals surface area contributed by atoms with Crippen molar-refractivity contribution in [3.8, 4) is 5.75 Å². The van der Waals surface area contributed by atoms with Crippen LogP contribution in [0.3, 0.4) is 0 Å². The zero-order chi connectivity index (χ0) is 19.0. The van der Waals surface area contributed by atoms with Crippen LogP contribution in [0.4, 0.5) is 0 Å². The van der Waals surface area contributed by atoms with Gasteiger partial charge in [-0.1, -0.05) is 0 Å². The molecular weight excluding hydrogens is 344 g/mol. The number of carbonyl (C=O) groups is 1. The van der Waals surface area contributed by atoms with Crippen LogP contribution in [0.15, 0.2) is 27.4 Å². The van der Waals surface area contributed by atoms with Crippen LogP contribution in [0.2, 0.25) is 0 Å². The number of hydrogen-bond acceptors (Lipinski definition) is 5. The first-order valence-corrected chi connectivity index (χ1v) is 9.81. The largest absolute Gasteiger partial charge is 0.486 e. The van der Waals surface area contributed by atoms with Gasteiger partial charge >= 0.3 is 5.63 Å². The van der Waals surface area contributed by atoms with E-state index in [0.29, 0.717) is 24.4 Å². The summed E-state index contributed by atoms with van der Waals surface area (Å²) in [6.07, 6.45) is 5.30. The summed E-state index contributed by atoms with van der Waals surface area (Å²) in [5.41, 5.74) is 1.97. The molecule has 2 heterocycles. The molecule has 0 amide bonds. The summed E-state index contributed by atoms with van der Waals surface area (Å²) in [6, 6.07) is 5.53. The first kappa shape index (κ1) is 18.2. The van der Waals surface area contributed by atoms with E-state index in [0.717, 1.165) is 48.6 Å². The van der Waals surface area contributed by atoms with Crippen molar-refractivity contribution in [2.75, 3.05) is 13.2 Å². The Hall–Kier alpha value is -2.14. The lowest BCUT2D eigenvalue weighted by Crippen LogP contribution is -2.38. The summed E-state index contributed by atoms with van der Waals surface area (Å²) in [7, 11) is 0. The number of ketones is 1. The fourth-order valence-corrected chi connectivity index (χ4v) is 4.29. The minimum Gasteiger partial charge on any atom is -0.486 e. The summed E-state index contributed by atoms with van der Waals surface area (Å²) in [5, 5.41) is 0.981. The number of fused-ring (bicyclic) bond motifs is 3. The molecule has 1 aromatic heterocycles. The summed E-state index contributed by atoms with van der Waals surface area (Å²) in [6.45, 7) is 4.66. The predicted molar refractivity (Wildman–Crippen MR) is 102 cm³/mol. The molecule has 2 aromatic rings. The van der Waals surface area contributed by atoms with Gasteiger partial charge in [-0.25, -0.2) is 4.79 Å². The molecule has 5 heteroatoms. The molecule has 5 nitrogen and oxygen atoms in total. The summed E-state index contributed by atoms with van der Waals surface area (Å²) in [5.74, 6) is 0.624. The lowest BCUT2D eigenvalue weighted by molar-refractivity contribution is -0.135. The van der Waals surface area contributed by atoms with Crippen molar-refractivity contribution >= 4 is 16.8 Å². The average molecular weight is 370 g/mol. The van der Waals surface area contributed by atoms with E-state index >= 15 is 0 Å². The SMILES string of the molecule is CC1(C)C[C@H](C(=O)COc2ccc3c4c(c(=O)oc3c2)CCCC4)CCO1. The van der Waals surface area contributed by atoms with Crippen molar-refractivity contribution in [2.45, 2.75) is 58.0 Å². The molecule has 2 aliphatic rings. The van der Waals surface area contributed by atoms with Crippen LogP contribution in [-0.4, -0.2) is 24.6 Å². The number of Topliss-reactive ketones (excluding diaryl/α,β-unsaturated/α-hetero) is 1. The van der Waals surface area contributed by atoms with Gasteiger partial charge in [-0.2, -0.15) is 0 Å². The first-order chi connectivity index (χ1) is 12.9. The van der Waals surface area contributed by atoms with E-state index in [9.17, 15) is 9.59 Å². The highest BCUT2D eigenvalue weighted by atomic mass is 16.5. The third-order valence-electron chi connectivity index (χ3n) is 5.73. The highest BCUT2D eigenvalue weighted by molar-refractivity contribution is 5.84. The third-order valence-corrected chi connectivity index (χ3v) is 5.73. The molecule has 144 valence electrons. The fourth-order valence-electron chi connectivity index (χ4n) is 4.29. The maximum atomic E-state index is 12.5. The lowest BCUT2D eigenvalue weighted by atomic mass is 9.86. The Balaban J connectivity index is 1.50. The number of carbonyl (C=O) groups excluding carboxylic acids is 1. The minimum atomic E-state index is -0.260. The summed E-state index contributed by atoms with van der Waals surface area (Å²) in [4.78, 5) is 24.8. The van der Waals surface area contributed by atoms with Gasteiger partial charge in [-0.05, 0) is 70.1 Å². The van der Waals surface area contributed by atoms with Crippen LogP contribution < -0.4 is 10.4 Å². The molecule has 1 aliphatic heterocycles. The highest BCUT2D eigenvalue weighted by Crippen LogP contribution is 2.31. The number of rotatable bonds is 4. The van der Waals surface area contributed by atoms with Crippen LogP contribution in [-0.2, 0) is 22.4 Å². The molecule has 0 bridgehead atoms. The smallest absolute Gasteiger partial charge is 0.339 e. The molecule has 0 unspecified atom stereocenters. The average Bonchev–Trinajstić information content (AvgIpc) is 2.65. The van der Waals surface area contributed by atoms with Crippen molar-refractivity contribution < 1.29 is 18.7 Å². The molecule has 0 saturated carbocycles. The van der Waals surface area contributed by atoms with E-state index in [2.05, 4.69) is 0 Å². The van der Waals surface area contributed by atoms with Crippen molar-refractivity contribution in [3.05, 3.63) is 39.7 Å². The molecular formula is C22H26O5. The van der Waals surface area contributed by atoms with E-state index in [1.54, 1.807) is 6.07 Å². The quantitative estimate of drug-likeness (QED) is 0.766. The standard InChI is InChI=1S/C22H26O5/c1-22(2)12-14(9-10-26-22)19(23)13-25-15-7-8-17-16-5-3-4-6-18(16)21(24)27-20(17)11-15/h7-8,11,14H,3-6,9-10,12-13H2,1-2H3/t14-/m1/s1. The Morgan fingerprint density at radius 1 is 1.22 bits per heavy atom. The number of benzene rings is 1. The Morgan fingerprint density at radius 2 is 2.00 bits per heavy atom. The minimum absolute atomic E-state index is 0.0286. The van der Waals surface area contributed by atoms with E-state index in [4.69, 9.17) is 13.9 Å². The van der Waals surface area contributed by atoms with Gasteiger partial charge < -0.3 is 13.9 Å². The maximum absolute atomic E-state index is 12.5. The summed E-state index contributed by atoms with van der Waals surface area (Å²) < 4.78 is 16.9. The number of aryl methyl sites for hydroxylation is 1. The van der Waals surface area contributed by atoms with E-state index < -0.39 is 0 Å². The van der Waals surface area contributed by atoms with Crippen LogP contribution >= 0.6 is 0 Å². The van der Waals surface area contributed by atoms with E-state index in [1.807, 2.05) is 26.0 Å². The Bertz CT molecular complexity index is 924. The highest BCUT2D eigenvalue weighted by Gasteiger charge is 2.32. The van der Waals surface area contributed by atoms with Gasteiger partial charge in [-0.15, -0.1) is 0 Å². The van der Waals surface area contributed by atoms with Crippen molar-refractivity contribution in [1.82, 2.24) is 0 Å². The van der Waals surface area contributed by atoms with Gasteiger partial charge in [-0.3, -0.25) is 4.79 Å². The topological polar surface area (TPSA) is 65.7 Å². The van der Waals surface area contributed by atoms with Gasteiger partial charge in [0.25, 0.3) is 0 Å². The third kappa shape index (κ3) is 3.79. The molecule has 1 atom stereocenters. The Labute approximate surface area is 158 Å². The Kier molecular flexibility index (Phi) is 4.81. The maximum Gasteiger partial charge on any atom is 0.339 e. The zero-order valence-corrected chi connectivity index (χ0v) is 16.0. The monoisotopic (exact) mass is 370 g/mol. The molecule has 1 fully saturated rings. The number of ether oxygens (including phenoxy) is 2. The lowest BCUT2D eigenvalue weighted by Gasteiger charge is -2.34. The normalized spacial score (nSPS) is 21.6. The molecule has 0 N–H and O–H groups in total. The molecule has 1 aromatic carbocycles. The first-order valence-electron chi connectivity index (χ1n) is 9.81. The van der Waals surface area contributed by atoms with Crippen LogP contribution in [0.25, 0.3) is 11.0 Å². The molecule has 0 radical (unpaired) electrons. The van der Waals surface area contributed by atoms with Gasteiger partial charge in [0.2, 0.25) is 0 Å².